The van der Waals surface area contributed by atoms with Gasteiger partial charge in [-0.2, -0.15) is 0 Å². The van der Waals surface area contributed by atoms with E-state index >= 15 is 0 Å². The zero-order valence-electron chi connectivity index (χ0n) is 17.2. The Labute approximate surface area is 172 Å². The van der Waals surface area contributed by atoms with E-state index in [9.17, 15) is 4.39 Å². The van der Waals surface area contributed by atoms with E-state index in [1.54, 1.807) is 12.1 Å². The first-order valence-corrected chi connectivity index (χ1v) is 10.4. The predicted octanol–water partition coefficient (Wildman–Crippen LogP) is 2.83. The Balaban J connectivity index is 0.000000204. The molecule has 6 heteroatoms. The minimum absolute atomic E-state index is 0.222. The van der Waals surface area contributed by atoms with Gasteiger partial charge in [-0.15, -0.1) is 0 Å². The molecule has 0 saturated carbocycles. The van der Waals surface area contributed by atoms with E-state index in [2.05, 4.69) is 22.9 Å². The minimum Gasteiger partial charge on any atom is -0.457 e. The van der Waals surface area contributed by atoms with E-state index in [1.165, 1.54) is 6.07 Å². The topological polar surface area (TPSA) is 62.0 Å². The van der Waals surface area contributed by atoms with Crippen molar-refractivity contribution < 1.29 is 14.2 Å². The number of hydrogen-bond acceptors (Lipinski definition) is 5. The van der Waals surface area contributed by atoms with Crippen LogP contribution < -0.4 is 10.5 Å². The molecule has 1 unspecified atom stereocenters. The van der Waals surface area contributed by atoms with Crippen molar-refractivity contribution in [3.05, 3.63) is 59.4 Å². The molecule has 1 saturated heterocycles. The number of para-hydroxylation sites is 1. The largest absolute Gasteiger partial charge is 0.457 e. The molecule has 0 bridgehead atoms. The van der Waals surface area contributed by atoms with E-state index < -0.39 is 0 Å². The Morgan fingerprint density at radius 1 is 1.10 bits per heavy atom. The SMILES string of the molecule is CN1CCN(CCO)CC1.NCCC1Cc2cc(F)ccc2Oc2ccccc21. The number of piperazine rings is 1. The molecule has 4 rings (SSSR count). The van der Waals surface area contributed by atoms with E-state index in [-0.39, 0.29) is 11.7 Å². The summed E-state index contributed by atoms with van der Waals surface area (Å²) in [6, 6.07) is 12.7. The molecule has 29 heavy (non-hydrogen) atoms. The van der Waals surface area contributed by atoms with Crippen LogP contribution in [0.5, 0.6) is 11.5 Å². The number of ether oxygens (including phenoxy) is 1. The molecule has 0 amide bonds. The van der Waals surface area contributed by atoms with Crippen LogP contribution in [0, 0.1) is 5.82 Å². The average Bonchev–Trinajstić information content (AvgIpc) is 2.87. The first-order chi connectivity index (χ1) is 14.1. The summed E-state index contributed by atoms with van der Waals surface area (Å²) >= 11 is 0. The zero-order valence-corrected chi connectivity index (χ0v) is 17.2. The van der Waals surface area contributed by atoms with Gasteiger partial charge in [0.25, 0.3) is 0 Å². The lowest BCUT2D eigenvalue weighted by molar-refractivity contribution is 0.128. The fourth-order valence-corrected chi connectivity index (χ4v) is 3.88. The number of β-amino-alcohol motifs (C(OH)–C–C–N with tert-alkyl or cyclic N) is 1. The number of nitrogens with zero attached hydrogens (tertiary/aromatic N) is 2. The van der Waals surface area contributed by atoms with Crippen molar-refractivity contribution in [2.24, 2.45) is 5.73 Å². The molecule has 3 N–H and O–H groups in total. The average molecular weight is 402 g/mol. The molecule has 2 aliphatic rings. The second-order valence-electron chi connectivity index (χ2n) is 7.74. The second-order valence-corrected chi connectivity index (χ2v) is 7.74. The van der Waals surface area contributed by atoms with Gasteiger partial charge in [0.2, 0.25) is 0 Å². The molecule has 2 aromatic rings. The maximum absolute atomic E-state index is 13.4. The molecule has 0 spiro atoms. The highest BCUT2D eigenvalue weighted by Gasteiger charge is 2.23. The Morgan fingerprint density at radius 3 is 2.59 bits per heavy atom. The summed E-state index contributed by atoms with van der Waals surface area (Å²) in [6.45, 7) is 6.25. The summed E-state index contributed by atoms with van der Waals surface area (Å²) < 4.78 is 19.3. The predicted molar refractivity (Wildman–Crippen MR) is 114 cm³/mol. The van der Waals surface area contributed by atoms with Crippen molar-refractivity contribution in [1.82, 2.24) is 9.80 Å². The zero-order chi connectivity index (χ0) is 20.6. The molecule has 0 aromatic heterocycles. The van der Waals surface area contributed by atoms with Gasteiger partial charge in [-0.1, -0.05) is 18.2 Å². The summed E-state index contributed by atoms with van der Waals surface area (Å²) in [5.74, 6) is 1.66. The molecule has 158 valence electrons. The van der Waals surface area contributed by atoms with Gasteiger partial charge < -0.3 is 20.5 Å². The van der Waals surface area contributed by atoms with Gasteiger partial charge >= 0.3 is 0 Å². The fraction of sp³-hybridized carbons (Fsp3) is 0.478. The third kappa shape index (κ3) is 6.00. The van der Waals surface area contributed by atoms with Gasteiger partial charge in [-0.3, -0.25) is 4.90 Å². The number of aliphatic hydroxyl groups excluding tert-OH is 1. The minimum atomic E-state index is -0.222. The standard InChI is InChI=1S/C16H16FNO.C7H16N2O/c17-13-5-6-15-12(10-13)9-11(7-8-18)14-3-1-2-4-16(14)19-15;1-8-2-4-9(5-3-8)6-7-10/h1-6,10-11H,7-9,18H2;10H,2-7H2,1H3. The molecule has 0 aliphatic carbocycles. The lowest BCUT2D eigenvalue weighted by Crippen LogP contribution is -2.45. The van der Waals surface area contributed by atoms with Crippen molar-refractivity contribution >= 4 is 0 Å². The van der Waals surface area contributed by atoms with E-state index in [0.29, 0.717) is 13.2 Å². The summed E-state index contributed by atoms with van der Waals surface area (Å²) in [6.07, 6.45) is 1.64. The molecule has 2 heterocycles. The second kappa shape index (κ2) is 10.7. The number of aliphatic hydroxyl groups is 1. The number of hydrogen-bond donors (Lipinski definition) is 2. The van der Waals surface area contributed by atoms with Crippen LogP contribution in [0.1, 0.15) is 23.5 Å². The molecule has 2 aliphatic heterocycles. The fourth-order valence-electron chi connectivity index (χ4n) is 3.88. The van der Waals surface area contributed by atoms with Gasteiger partial charge in [0.15, 0.2) is 0 Å². The maximum atomic E-state index is 13.4. The molecule has 0 radical (unpaired) electrons. The van der Waals surface area contributed by atoms with Crippen LogP contribution in [0.3, 0.4) is 0 Å². The highest BCUT2D eigenvalue weighted by atomic mass is 19.1. The lowest BCUT2D eigenvalue weighted by atomic mass is 9.89. The Hall–Kier alpha value is -1.99. The molecular weight excluding hydrogens is 369 g/mol. The first kappa shape index (κ1) is 21.7. The summed E-state index contributed by atoms with van der Waals surface area (Å²) in [5, 5.41) is 8.63. The van der Waals surface area contributed by atoms with Crippen molar-refractivity contribution in [2.45, 2.75) is 18.8 Å². The molecular formula is C23H32FN3O2. The van der Waals surface area contributed by atoms with E-state index in [0.717, 1.165) is 68.2 Å². The summed E-state index contributed by atoms with van der Waals surface area (Å²) in [4.78, 5) is 4.61. The molecule has 5 nitrogen and oxygen atoms in total. The van der Waals surface area contributed by atoms with Gasteiger partial charge in [-0.25, -0.2) is 4.39 Å². The first-order valence-electron chi connectivity index (χ1n) is 10.4. The van der Waals surface area contributed by atoms with E-state index in [1.807, 2.05) is 18.2 Å². The highest BCUT2D eigenvalue weighted by Crippen LogP contribution is 2.40. The van der Waals surface area contributed by atoms with Gasteiger partial charge in [-0.05, 0) is 67.7 Å². The highest BCUT2D eigenvalue weighted by molar-refractivity contribution is 5.47. The third-order valence-corrected chi connectivity index (χ3v) is 5.59. The van der Waals surface area contributed by atoms with Crippen molar-refractivity contribution in [3.63, 3.8) is 0 Å². The number of fused-ring (bicyclic) bond motifs is 2. The summed E-state index contributed by atoms with van der Waals surface area (Å²) in [7, 11) is 2.14. The summed E-state index contributed by atoms with van der Waals surface area (Å²) in [5.41, 5.74) is 7.77. The third-order valence-electron chi connectivity index (χ3n) is 5.59. The van der Waals surface area contributed by atoms with Crippen molar-refractivity contribution in [3.8, 4) is 11.5 Å². The maximum Gasteiger partial charge on any atom is 0.130 e. The number of likely N-dealkylation sites (N-methyl/N-ethyl adjacent to an activating group) is 1. The van der Waals surface area contributed by atoms with Crippen molar-refractivity contribution in [2.75, 3.05) is 52.9 Å². The van der Waals surface area contributed by atoms with Crippen LogP contribution in [-0.4, -0.2) is 67.8 Å². The normalized spacial score (nSPS) is 19.2. The Kier molecular flexibility index (Phi) is 8.00. The van der Waals surface area contributed by atoms with Gasteiger partial charge in [0, 0.05) is 32.7 Å². The Bertz CT molecular complexity index is 778. The van der Waals surface area contributed by atoms with Gasteiger partial charge in [0.05, 0.1) is 6.61 Å². The number of benzene rings is 2. The van der Waals surface area contributed by atoms with Crippen LogP contribution in [0.2, 0.25) is 0 Å². The van der Waals surface area contributed by atoms with Crippen LogP contribution >= 0.6 is 0 Å². The smallest absolute Gasteiger partial charge is 0.130 e. The number of halogens is 1. The van der Waals surface area contributed by atoms with Crippen LogP contribution in [0.25, 0.3) is 0 Å². The monoisotopic (exact) mass is 401 g/mol. The molecule has 1 atom stereocenters. The van der Waals surface area contributed by atoms with Crippen molar-refractivity contribution in [1.29, 1.82) is 0 Å². The van der Waals surface area contributed by atoms with Crippen LogP contribution in [0.4, 0.5) is 4.39 Å². The van der Waals surface area contributed by atoms with Crippen LogP contribution in [-0.2, 0) is 6.42 Å². The quantitative estimate of drug-likeness (QED) is 0.825. The lowest BCUT2D eigenvalue weighted by Gasteiger charge is -2.31. The van der Waals surface area contributed by atoms with E-state index in [4.69, 9.17) is 15.6 Å². The molecule has 1 fully saturated rings. The van der Waals surface area contributed by atoms with Gasteiger partial charge in [0.1, 0.15) is 17.3 Å². The number of nitrogens with two attached hydrogens (primary N) is 1. The Morgan fingerprint density at radius 2 is 1.86 bits per heavy atom. The number of rotatable bonds is 4. The molecule has 2 aromatic carbocycles. The van der Waals surface area contributed by atoms with Crippen LogP contribution in [0.15, 0.2) is 42.5 Å².